The van der Waals surface area contributed by atoms with E-state index < -0.39 is 24.0 Å². The fourth-order valence-corrected chi connectivity index (χ4v) is 4.37. The van der Waals surface area contributed by atoms with E-state index in [2.05, 4.69) is 10.3 Å². The van der Waals surface area contributed by atoms with Gasteiger partial charge in [-0.1, -0.05) is 6.07 Å². The minimum absolute atomic E-state index is 0.00865. The van der Waals surface area contributed by atoms with Crippen LogP contribution < -0.4 is 20.9 Å². The third kappa shape index (κ3) is 4.48. The van der Waals surface area contributed by atoms with Crippen LogP contribution in [0, 0.1) is 0 Å². The number of rotatable bonds is 5. The van der Waals surface area contributed by atoms with Gasteiger partial charge in [0.15, 0.2) is 12.2 Å². The van der Waals surface area contributed by atoms with Gasteiger partial charge in [-0.25, -0.2) is 0 Å². The zero-order chi connectivity index (χ0) is 24.5. The van der Waals surface area contributed by atoms with E-state index in [0.29, 0.717) is 42.6 Å². The number of hydrogen-bond donors (Lipinski definition) is 3. The molecule has 0 aliphatic carbocycles. The normalized spacial score (nSPS) is 20.9. The minimum Gasteiger partial charge on any atom is -0.383 e. The molecule has 0 saturated carbocycles. The number of hydrogen-bond acceptors (Lipinski definition) is 8. The largest absolute Gasteiger partial charge is 0.383 e. The molecule has 0 spiro atoms. The van der Waals surface area contributed by atoms with Crippen molar-refractivity contribution in [1.82, 2.24) is 0 Å². The average molecular weight is 479 g/mol. The molecular formula is C24H25N5O6. The van der Waals surface area contributed by atoms with Gasteiger partial charge >= 0.3 is 0 Å². The monoisotopic (exact) mass is 479 g/mol. The maximum atomic E-state index is 13.2. The first-order valence-electron chi connectivity index (χ1n) is 11.3. The lowest BCUT2D eigenvalue weighted by atomic mass is 10.1. The summed E-state index contributed by atoms with van der Waals surface area (Å²) < 4.78 is 10.7. The van der Waals surface area contributed by atoms with Gasteiger partial charge in [-0.05, 0) is 42.0 Å². The first kappa shape index (κ1) is 23.0. The summed E-state index contributed by atoms with van der Waals surface area (Å²) in [6.07, 6.45) is -3.09. The van der Waals surface area contributed by atoms with Gasteiger partial charge in [-0.2, -0.15) is 0 Å². The number of amides is 3. The van der Waals surface area contributed by atoms with Crippen LogP contribution in [0.3, 0.4) is 0 Å². The number of nitrogens with two attached hydrogens (primary N) is 1. The van der Waals surface area contributed by atoms with E-state index in [-0.39, 0.29) is 25.7 Å². The average Bonchev–Trinajstić information content (AvgIpc) is 3.24. The highest BCUT2D eigenvalue weighted by molar-refractivity contribution is 6.05. The Hall–Kier alpha value is -3.80. The lowest BCUT2D eigenvalue weighted by Crippen LogP contribution is -2.55. The number of aliphatic hydroxyl groups is 1. The van der Waals surface area contributed by atoms with Gasteiger partial charge in [-0.15, -0.1) is 0 Å². The molecule has 0 unspecified atom stereocenters. The molecule has 2 aromatic rings. The molecule has 3 aliphatic heterocycles. The third-order valence-corrected chi connectivity index (χ3v) is 6.18. The molecule has 0 radical (unpaired) electrons. The van der Waals surface area contributed by atoms with Crippen molar-refractivity contribution >= 4 is 40.6 Å². The summed E-state index contributed by atoms with van der Waals surface area (Å²) in [6.45, 7) is 1.66. The van der Waals surface area contributed by atoms with E-state index in [1.807, 2.05) is 0 Å². The molecule has 11 nitrogen and oxygen atoms in total. The Morgan fingerprint density at radius 3 is 2.69 bits per heavy atom. The van der Waals surface area contributed by atoms with Crippen LogP contribution in [0.5, 0.6) is 0 Å². The van der Waals surface area contributed by atoms with Crippen LogP contribution in [-0.4, -0.2) is 73.8 Å². The number of fused-ring (bicyclic) bond motifs is 1. The van der Waals surface area contributed by atoms with Crippen molar-refractivity contribution in [3.8, 4) is 0 Å². The van der Waals surface area contributed by atoms with Crippen molar-refractivity contribution in [2.45, 2.75) is 18.8 Å². The third-order valence-electron chi connectivity index (χ3n) is 6.18. The summed E-state index contributed by atoms with van der Waals surface area (Å²) in [5.74, 6) is -1.02. The second kappa shape index (κ2) is 9.45. The van der Waals surface area contributed by atoms with Gasteiger partial charge < -0.3 is 35.4 Å². The zero-order valence-corrected chi connectivity index (χ0v) is 18.8. The number of carbonyl (C=O) groups is 3. The van der Waals surface area contributed by atoms with Crippen molar-refractivity contribution < 1.29 is 29.0 Å². The van der Waals surface area contributed by atoms with E-state index >= 15 is 0 Å². The number of nitrogens with one attached hydrogen (secondary N) is 1. The number of nitrogens with zero attached hydrogens (tertiary/aromatic N) is 3. The predicted molar refractivity (Wildman–Crippen MR) is 127 cm³/mol. The molecule has 3 amide bonds. The Bertz CT molecular complexity index is 1210. The SMILES string of the molecule is NC1=NCc2cc(NC(=O)[C@H](O)[C@H]3OCCN(c4cccc(N5CCOCC5=O)c4)C3=O)ccc21. The number of aliphatic imine (C=N–C) groups is 1. The minimum atomic E-state index is -1.72. The molecule has 0 bridgehead atoms. The van der Waals surface area contributed by atoms with Crippen LogP contribution in [0.4, 0.5) is 17.1 Å². The highest BCUT2D eigenvalue weighted by Crippen LogP contribution is 2.27. The predicted octanol–water partition coefficient (Wildman–Crippen LogP) is 0.0001000. The molecule has 0 aromatic heterocycles. The molecule has 2 atom stereocenters. The summed E-state index contributed by atoms with van der Waals surface area (Å²) in [5, 5.41) is 13.3. The van der Waals surface area contributed by atoms with Crippen LogP contribution in [0.25, 0.3) is 0 Å². The van der Waals surface area contributed by atoms with Crippen LogP contribution >= 0.6 is 0 Å². The lowest BCUT2D eigenvalue weighted by Gasteiger charge is -2.35. The molecule has 35 heavy (non-hydrogen) atoms. The number of benzene rings is 2. The van der Waals surface area contributed by atoms with Crippen LogP contribution in [0.1, 0.15) is 11.1 Å². The van der Waals surface area contributed by atoms with E-state index in [4.69, 9.17) is 15.2 Å². The highest BCUT2D eigenvalue weighted by Gasteiger charge is 2.39. The van der Waals surface area contributed by atoms with Gasteiger partial charge in [0.25, 0.3) is 17.7 Å². The maximum absolute atomic E-state index is 13.2. The quantitative estimate of drug-likeness (QED) is 0.547. The van der Waals surface area contributed by atoms with Crippen LogP contribution in [0.15, 0.2) is 47.5 Å². The molecular weight excluding hydrogens is 454 g/mol. The van der Waals surface area contributed by atoms with E-state index in [9.17, 15) is 19.5 Å². The van der Waals surface area contributed by atoms with Crippen LogP contribution in [-0.2, 0) is 30.4 Å². The summed E-state index contributed by atoms with van der Waals surface area (Å²) >= 11 is 0. The molecule has 2 aromatic carbocycles. The second-order valence-electron chi connectivity index (χ2n) is 8.41. The van der Waals surface area contributed by atoms with Gasteiger partial charge in [0.2, 0.25) is 0 Å². The maximum Gasteiger partial charge on any atom is 0.259 e. The van der Waals surface area contributed by atoms with Gasteiger partial charge in [0.1, 0.15) is 12.4 Å². The first-order chi connectivity index (χ1) is 16.9. The Morgan fingerprint density at radius 1 is 1.11 bits per heavy atom. The standard InChI is InChI=1S/C24H25N5O6/c25-22-18-5-4-15(10-14(18)12-26-22)27-23(32)20(31)21-24(33)29(7-9-35-21)17-3-1-2-16(11-17)28-6-8-34-13-19(28)30/h1-5,10-11,20-21,31H,6-9,12-13H2,(H2,25,26)(H,27,32)/t20-,21-/m1/s1. The fraction of sp³-hybridized carbons (Fsp3) is 0.333. The first-order valence-corrected chi connectivity index (χ1v) is 11.3. The Kier molecular flexibility index (Phi) is 6.20. The number of ether oxygens (including phenoxy) is 2. The molecule has 3 heterocycles. The molecule has 4 N–H and O–H groups in total. The van der Waals surface area contributed by atoms with E-state index in [0.717, 1.165) is 11.1 Å². The molecule has 2 fully saturated rings. The lowest BCUT2D eigenvalue weighted by molar-refractivity contribution is -0.150. The summed E-state index contributed by atoms with van der Waals surface area (Å²) in [6, 6.07) is 12.1. The summed E-state index contributed by atoms with van der Waals surface area (Å²) in [5.41, 5.74) is 9.14. The van der Waals surface area contributed by atoms with Crippen molar-refractivity contribution in [2.24, 2.45) is 10.7 Å². The van der Waals surface area contributed by atoms with Crippen molar-refractivity contribution in [1.29, 1.82) is 0 Å². The van der Waals surface area contributed by atoms with Gasteiger partial charge in [0, 0.05) is 35.7 Å². The van der Waals surface area contributed by atoms with Gasteiger partial charge in [-0.3, -0.25) is 19.4 Å². The number of carbonyl (C=O) groups excluding carboxylic acids is 3. The Labute approximate surface area is 201 Å². The second-order valence-corrected chi connectivity index (χ2v) is 8.41. The van der Waals surface area contributed by atoms with Crippen LogP contribution in [0.2, 0.25) is 0 Å². The number of anilines is 3. The molecule has 182 valence electrons. The Balaban J connectivity index is 1.28. The molecule has 11 heteroatoms. The number of morpholine rings is 2. The Morgan fingerprint density at radius 2 is 1.89 bits per heavy atom. The molecule has 2 saturated heterocycles. The fourth-order valence-electron chi connectivity index (χ4n) is 4.37. The topological polar surface area (TPSA) is 147 Å². The summed E-state index contributed by atoms with van der Waals surface area (Å²) in [4.78, 5) is 45.4. The smallest absolute Gasteiger partial charge is 0.259 e. The van der Waals surface area contributed by atoms with E-state index in [1.165, 1.54) is 4.90 Å². The van der Waals surface area contributed by atoms with Crippen molar-refractivity contribution in [3.63, 3.8) is 0 Å². The highest BCUT2D eigenvalue weighted by atomic mass is 16.5. The summed E-state index contributed by atoms with van der Waals surface area (Å²) in [7, 11) is 0. The van der Waals surface area contributed by atoms with E-state index in [1.54, 1.807) is 47.4 Å². The van der Waals surface area contributed by atoms with Crippen molar-refractivity contribution in [2.75, 3.05) is 48.0 Å². The number of aliphatic hydroxyl groups excluding tert-OH is 1. The zero-order valence-electron chi connectivity index (χ0n) is 18.8. The molecule has 3 aliphatic rings. The number of amidine groups is 1. The van der Waals surface area contributed by atoms with Crippen molar-refractivity contribution in [3.05, 3.63) is 53.6 Å². The van der Waals surface area contributed by atoms with Gasteiger partial charge in [0.05, 0.1) is 19.8 Å². The molecule has 5 rings (SSSR count).